The van der Waals surface area contributed by atoms with E-state index in [1.54, 1.807) is 6.92 Å². The largest absolute Gasteiger partial charge is 0.355 e. The second-order valence-electron chi connectivity index (χ2n) is 3.77. The van der Waals surface area contributed by atoms with Gasteiger partial charge < -0.3 is 16.0 Å². The number of carbonyl (C=O) groups is 3. The van der Waals surface area contributed by atoms with Crippen LogP contribution in [-0.2, 0) is 14.4 Å². The Labute approximate surface area is 126 Å². The summed E-state index contributed by atoms with van der Waals surface area (Å²) in [4.78, 5) is 33.9. The normalized spacial score (nSPS) is 11.5. The van der Waals surface area contributed by atoms with Gasteiger partial charge in [-0.05, 0) is 19.8 Å². The molecule has 0 rings (SSSR count). The monoisotopic (exact) mass is 355 g/mol. The summed E-state index contributed by atoms with van der Waals surface area (Å²) in [6, 6.07) is -0.618. The van der Waals surface area contributed by atoms with Crippen molar-refractivity contribution in [2.75, 3.05) is 24.3 Å². The van der Waals surface area contributed by atoms with Crippen molar-refractivity contribution < 1.29 is 14.4 Å². The molecule has 0 aromatic carbocycles. The standard InChI is InChI=1S/C11H19BrClN3O3/c1-2-14-11(19)8(16-10(18)7-13)4-3-5-15-9(17)6-12/h8H,2-7H2,1H3,(H,14,19)(H,15,17)(H,16,18)/t8-/m0/s1. The summed E-state index contributed by atoms with van der Waals surface area (Å²) >= 11 is 8.43. The Bertz CT molecular complexity index is 316. The Morgan fingerprint density at radius 3 is 2.42 bits per heavy atom. The van der Waals surface area contributed by atoms with Crippen LogP contribution in [0, 0.1) is 0 Å². The summed E-state index contributed by atoms with van der Waals surface area (Å²) in [5, 5.41) is 8.11. The van der Waals surface area contributed by atoms with Crippen LogP contribution in [0.15, 0.2) is 0 Å². The number of amides is 3. The molecule has 3 amide bonds. The zero-order valence-electron chi connectivity index (χ0n) is 10.8. The van der Waals surface area contributed by atoms with Gasteiger partial charge in [-0.3, -0.25) is 14.4 Å². The predicted octanol–water partition coefficient (Wildman–Crippen LogP) is 0.137. The average molecular weight is 357 g/mol. The van der Waals surface area contributed by atoms with Crippen molar-refractivity contribution in [2.24, 2.45) is 0 Å². The summed E-state index contributed by atoms with van der Waals surface area (Å²) < 4.78 is 0. The molecule has 6 nitrogen and oxygen atoms in total. The molecule has 110 valence electrons. The minimum atomic E-state index is -0.618. The number of nitrogens with one attached hydrogen (secondary N) is 3. The molecule has 0 saturated carbocycles. The summed E-state index contributed by atoms with van der Waals surface area (Å²) in [7, 11) is 0. The highest BCUT2D eigenvalue weighted by Gasteiger charge is 2.19. The third-order valence-electron chi connectivity index (χ3n) is 2.24. The van der Waals surface area contributed by atoms with Gasteiger partial charge >= 0.3 is 0 Å². The zero-order chi connectivity index (χ0) is 14.7. The third kappa shape index (κ3) is 8.83. The van der Waals surface area contributed by atoms with E-state index in [9.17, 15) is 14.4 Å². The lowest BCUT2D eigenvalue weighted by molar-refractivity contribution is -0.128. The second kappa shape index (κ2) is 11.0. The molecule has 19 heavy (non-hydrogen) atoms. The minimum Gasteiger partial charge on any atom is -0.355 e. The van der Waals surface area contributed by atoms with E-state index in [0.29, 0.717) is 25.9 Å². The number of likely N-dealkylation sites (N-methyl/N-ethyl adjacent to an activating group) is 1. The van der Waals surface area contributed by atoms with Crippen LogP contribution in [-0.4, -0.2) is 48.1 Å². The van der Waals surface area contributed by atoms with Gasteiger partial charge in [0.05, 0.1) is 5.33 Å². The van der Waals surface area contributed by atoms with Gasteiger partial charge in [-0.2, -0.15) is 0 Å². The van der Waals surface area contributed by atoms with Crippen molar-refractivity contribution in [2.45, 2.75) is 25.8 Å². The molecule has 3 N–H and O–H groups in total. The van der Waals surface area contributed by atoms with Crippen molar-refractivity contribution in [3.63, 3.8) is 0 Å². The topological polar surface area (TPSA) is 87.3 Å². The molecule has 0 aromatic rings. The lowest BCUT2D eigenvalue weighted by Gasteiger charge is -2.17. The minimum absolute atomic E-state index is 0.112. The average Bonchev–Trinajstić information content (AvgIpc) is 2.41. The number of carbonyl (C=O) groups excluding carboxylic acids is 3. The van der Waals surface area contributed by atoms with Crippen LogP contribution in [0.4, 0.5) is 0 Å². The maximum atomic E-state index is 11.7. The highest BCUT2D eigenvalue weighted by atomic mass is 79.9. The molecule has 0 aliphatic carbocycles. The van der Waals surface area contributed by atoms with E-state index in [1.165, 1.54) is 0 Å². The van der Waals surface area contributed by atoms with Crippen molar-refractivity contribution >= 4 is 45.3 Å². The molecule has 0 bridgehead atoms. The first-order chi connectivity index (χ1) is 9.04. The number of halogens is 2. The number of hydrogen-bond donors (Lipinski definition) is 3. The van der Waals surface area contributed by atoms with Gasteiger partial charge in [0.15, 0.2) is 0 Å². The molecule has 0 unspecified atom stereocenters. The predicted molar refractivity (Wildman–Crippen MR) is 77.4 cm³/mol. The Morgan fingerprint density at radius 2 is 1.89 bits per heavy atom. The van der Waals surface area contributed by atoms with E-state index < -0.39 is 6.04 Å². The molecule has 0 heterocycles. The maximum absolute atomic E-state index is 11.7. The van der Waals surface area contributed by atoms with E-state index in [2.05, 4.69) is 31.9 Å². The quantitative estimate of drug-likeness (QED) is 0.405. The third-order valence-corrected chi connectivity index (χ3v) is 2.99. The smallest absolute Gasteiger partial charge is 0.242 e. The van der Waals surface area contributed by atoms with Crippen LogP contribution in [0.25, 0.3) is 0 Å². The Morgan fingerprint density at radius 1 is 1.21 bits per heavy atom. The molecule has 0 saturated heterocycles. The van der Waals surface area contributed by atoms with E-state index in [1.807, 2.05) is 0 Å². The highest BCUT2D eigenvalue weighted by Crippen LogP contribution is 1.98. The van der Waals surface area contributed by atoms with Crippen LogP contribution in [0.3, 0.4) is 0 Å². The summed E-state index contributed by atoms with van der Waals surface area (Å²) in [5.41, 5.74) is 0. The molecule has 1 atom stereocenters. The molecule has 0 fully saturated rings. The van der Waals surface area contributed by atoms with Crippen LogP contribution < -0.4 is 16.0 Å². The number of rotatable bonds is 9. The van der Waals surface area contributed by atoms with E-state index in [4.69, 9.17) is 11.6 Å². The summed E-state index contributed by atoms with van der Waals surface area (Å²) in [6.45, 7) is 2.75. The van der Waals surface area contributed by atoms with Gasteiger partial charge in [-0.25, -0.2) is 0 Å². The fraction of sp³-hybridized carbons (Fsp3) is 0.727. The molecule has 8 heteroatoms. The lowest BCUT2D eigenvalue weighted by Crippen LogP contribution is -2.47. The fourth-order valence-corrected chi connectivity index (χ4v) is 1.66. The Kier molecular flexibility index (Phi) is 10.6. The van der Waals surface area contributed by atoms with Gasteiger partial charge in [0, 0.05) is 13.1 Å². The van der Waals surface area contributed by atoms with Crippen LogP contribution >= 0.6 is 27.5 Å². The second-order valence-corrected chi connectivity index (χ2v) is 4.60. The molecular weight excluding hydrogens is 337 g/mol. The Balaban J connectivity index is 4.15. The molecule has 0 radical (unpaired) electrons. The van der Waals surface area contributed by atoms with Crippen molar-refractivity contribution in [3.05, 3.63) is 0 Å². The van der Waals surface area contributed by atoms with Gasteiger partial charge in [0.1, 0.15) is 11.9 Å². The van der Waals surface area contributed by atoms with E-state index in [-0.39, 0.29) is 28.9 Å². The van der Waals surface area contributed by atoms with Crippen LogP contribution in [0.5, 0.6) is 0 Å². The molecule has 0 aromatic heterocycles. The van der Waals surface area contributed by atoms with Crippen molar-refractivity contribution in [3.8, 4) is 0 Å². The highest BCUT2D eigenvalue weighted by molar-refractivity contribution is 9.09. The molecule has 0 aliphatic heterocycles. The van der Waals surface area contributed by atoms with Crippen molar-refractivity contribution in [1.82, 2.24) is 16.0 Å². The SMILES string of the molecule is CCNC(=O)[C@H](CCCNC(=O)CBr)NC(=O)CCl. The maximum Gasteiger partial charge on any atom is 0.242 e. The number of alkyl halides is 2. The zero-order valence-corrected chi connectivity index (χ0v) is 13.1. The van der Waals surface area contributed by atoms with Gasteiger partial charge in [-0.1, -0.05) is 15.9 Å². The fourth-order valence-electron chi connectivity index (χ4n) is 1.38. The lowest BCUT2D eigenvalue weighted by atomic mass is 10.1. The van der Waals surface area contributed by atoms with Crippen LogP contribution in [0.2, 0.25) is 0 Å². The first kappa shape index (κ1) is 18.2. The summed E-state index contributed by atoms with van der Waals surface area (Å²) in [5.74, 6) is -0.925. The van der Waals surface area contributed by atoms with Crippen molar-refractivity contribution in [1.29, 1.82) is 0 Å². The molecule has 0 spiro atoms. The van der Waals surface area contributed by atoms with Gasteiger partial charge in [0.2, 0.25) is 17.7 Å². The van der Waals surface area contributed by atoms with Crippen LogP contribution in [0.1, 0.15) is 19.8 Å². The van der Waals surface area contributed by atoms with Gasteiger partial charge in [-0.15, -0.1) is 11.6 Å². The van der Waals surface area contributed by atoms with Gasteiger partial charge in [0.25, 0.3) is 0 Å². The first-order valence-electron chi connectivity index (χ1n) is 6.00. The first-order valence-corrected chi connectivity index (χ1v) is 7.66. The molecular formula is C11H19BrClN3O3. The summed E-state index contributed by atoms with van der Waals surface area (Å²) in [6.07, 6.45) is 1.03. The van der Waals surface area contributed by atoms with E-state index >= 15 is 0 Å². The van der Waals surface area contributed by atoms with E-state index in [0.717, 1.165) is 0 Å². The number of hydrogen-bond acceptors (Lipinski definition) is 3. The Hall–Kier alpha value is -0.820. The molecule has 0 aliphatic rings.